The molecule has 0 bridgehead atoms. The lowest BCUT2D eigenvalue weighted by Gasteiger charge is -2.20. The Balaban J connectivity index is 4.52. The molecule has 4 N–H and O–H groups in total. The van der Waals surface area contributed by atoms with Crippen molar-refractivity contribution in [1.29, 1.82) is 0 Å². The van der Waals surface area contributed by atoms with Gasteiger partial charge in [-0.1, -0.05) is 161 Å². The minimum absolute atomic E-state index is 0.0825. The van der Waals surface area contributed by atoms with Crippen LogP contribution in [0.25, 0.3) is 0 Å². The predicted molar refractivity (Wildman–Crippen MR) is 235 cm³/mol. The van der Waals surface area contributed by atoms with Crippen LogP contribution in [0.5, 0.6) is 0 Å². The number of carbonyl (C=O) groups is 3. The van der Waals surface area contributed by atoms with Gasteiger partial charge in [0, 0.05) is 19.3 Å². The smallest absolute Gasteiger partial charge is 0.462 e. The zero-order valence-electron chi connectivity index (χ0n) is 37.2. The number of esters is 2. The molecule has 0 amide bonds. The molecule has 0 radical (unpaired) electrons. The lowest BCUT2D eigenvalue weighted by Crippen LogP contribution is -2.30. The topological polar surface area (TPSA) is 212 Å². The molecule has 14 nitrogen and oxygen atoms in total. The largest absolute Gasteiger partial charge is 0.472 e. The summed E-state index contributed by atoms with van der Waals surface area (Å²) in [7, 11) is -9.70. The van der Waals surface area contributed by atoms with E-state index in [-0.39, 0.29) is 18.6 Å². The number of ketones is 1. The average Bonchev–Trinajstić information content (AvgIpc) is 3.18. The van der Waals surface area contributed by atoms with Crippen LogP contribution in [0.1, 0.15) is 194 Å². The predicted octanol–water partition coefficient (Wildman–Crippen LogP) is 10.9. The molecule has 0 saturated carbocycles. The molecule has 1 unspecified atom stereocenters. The minimum Gasteiger partial charge on any atom is -0.462 e. The highest BCUT2D eigenvalue weighted by Crippen LogP contribution is 2.43. The monoisotopic (exact) mass is 897 g/mol. The Morgan fingerprint density at radius 3 is 1.60 bits per heavy atom. The van der Waals surface area contributed by atoms with Gasteiger partial charge in [0.2, 0.25) is 0 Å². The minimum atomic E-state index is -4.87. The molecule has 60 heavy (non-hydrogen) atoms. The number of ether oxygens (including phenoxy) is 2. The SMILES string of the molecule is CCCCCC(=O)/C=C/C=C\CCCCCCCC(=O)O[C@H](COC(=O)CCCCCCCCCCCCCCCCC(C)C)COP(=O)(O)OC[C@@H](O)COP(=O)(O)O. The van der Waals surface area contributed by atoms with E-state index in [1.165, 1.54) is 70.6 Å². The molecule has 352 valence electrons. The van der Waals surface area contributed by atoms with Crippen LogP contribution >= 0.6 is 15.6 Å². The number of hydrogen-bond acceptors (Lipinski definition) is 11. The van der Waals surface area contributed by atoms with Gasteiger partial charge in [0.15, 0.2) is 11.9 Å². The molecular weight excluding hydrogens is 814 g/mol. The van der Waals surface area contributed by atoms with E-state index >= 15 is 0 Å². The van der Waals surface area contributed by atoms with Crippen molar-refractivity contribution in [1.82, 2.24) is 0 Å². The molecule has 0 rings (SSSR count). The van der Waals surface area contributed by atoms with Crippen molar-refractivity contribution in [3.05, 3.63) is 24.3 Å². The summed E-state index contributed by atoms with van der Waals surface area (Å²) in [5, 5.41) is 9.75. The molecule has 0 aromatic carbocycles. The molecule has 0 aromatic rings. The third-order valence-electron chi connectivity index (χ3n) is 9.74. The van der Waals surface area contributed by atoms with E-state index in [0.717, 1.165) is 76.5 Å². The summed E-state index contributed by atoms with van der Waals surface area (Å²) < 4.78 is 47.8. The van der Waals surface area contributed by atoms with Crippen LogP contribution in [0.15, 0.2) is 24.3 Å². The zero-order chi connectivity index (χ0) is 44.7. The normalized spacial score (nSPS) is 14.2. The summed E-state index contributed by atoms with van der Waals surface area (Å²) in [5.41, 5.74) is 0. The van der Waals surface area contributed by atoms with Gasteiger partial charge in [-0.3, -0.25) is 28.0 Å². The van der Waals surface area contributed by atoms with Gasteiger partial charge in [-0.25, -0.2) is 9.13 Å². The molecule has 3 atom stereocenters. The first kappa shape index (κ1) is 58.3. The molecule has 0 fully saturated rings. The first-order valence-corrected chi connectivity index (χ1v) is 25.9. The first-order chi connectivity index (χ1) is 28.6. The van der Waals surface area contributed by atoms with E-state index in [2.05, 4.69) is 29.8 Å². The quantitative estimate of drug-likeness (QED) is 0.0147. The molecule has 0 aromatic heterocycles. The van der Waals surface area contributed by atoms with Crippen molar-refractivity contribution in [2.75, 3.05) is 26.4 Å². The van der Waals surface area contributed by atoms with Gasteiger partial charge in [-0.15, -0.1) is 0 Å². The highest BCUT2D eigenvalue weighted by atomic mass is 31.2. The standard InChI is InChI=1S/C44H82O14P2/c1-4-5-25-31-40(45)32-27-22-18-14-12-16-20-24-29-34-44(48)58-42(38-57-60(52,53)56-36-41(46)35-55-59(49,50)51)37-54-43(47)33-28-23-19-15-11-9-7-6-8-10-13-17-21-26-30-39(2)3/h18,22,27,32,39,41-42,46H,4-17,19-21,23-26,28-31,33-38H2,1-3H3,(H,52,53)(H2,49,50,51)/b22-18-,32-27+/t41-,42+/m0/s1. The second kappa shape index (κ2) is 38.9. The maximum atomic E-state index is 12.7. The molecule has 0 aliphatic rings. The number of phosphoric acid groups is 2. The summed E-state index contributed by atoms with van der Waals surface area (Å²) >= 11 is 0. The summed E-state index contributed by atoms with van der Waals surface area (Å²) in [6, 6.07) is 0. The maximum absolute atomic E-state index is 12.7. The molecule has 0 aliphatic carbocycles. The molecule has 0 aliphatic heterocycles. The molecule has 16 heteroatoms. The fourth-order valence-electron chi connectivity index (χ4n) is 6.22. The Hall–Kier alpha value is -1.73. The Morgan fingerprint density at radius 1 is 0.567 bits per heavy atom. The average molecular weight is 897 g/mol. The van der Waals surface area contributed by atoms with Crippen molar-refractivity contribution < 1.29 is 66.3 Å². The Kier molecular flexibility index (Phi) is 37.8. The third kappa shape index (κ3) is 42.9. The number of rotatable bonds is 43. The summed E-state index contributed by atoms with van der Waals surface area (Å²) in [4.78, 5) is 64.5. The van der Waals surface area contributed by atoms with E-state index in [9.17, 15) is 33.5 Å². The van der Waals surface area contributed by atoms with Crippen LogP contribution in [-0.4, -0.2) is 76.1 Å². The van der Waals surface area contributed by atoms with Crippen LogP contribution in [0.4, 0.5) is 0 Å². The Labute approximate surface area is 361 Å². The number of carbonyl (C=O) groups excluding carboxylic acids is 3. The van der Waals surface area contributed by atoms with Gasteiger partial charge in [0.25, 0.3) is 0 Å². The van der Waals surface area contributed by atoms with Crippen LogP contribution in [-0.2, 0) is 46.6 Å². The van der Waals surface area contributed by atoms with Gasteiger partial charge in [-0.2, -0.15) is 0 Å². The Bertz CT molecular complexity index is 1240. The van der Waals surface area contributed by atoms with E-state index < -0.39 is 66.2 Å². The van der Waals surface area contributed by atoms with Gasteiger partial charge in [-0.05, 0) is 44.1 Å². The lowest BCUT2D eigenvalue weighted by molar-refractivity contribution is -0.161. The second-order valence-electron chi connectivity index (χ2n) is 16.2. The van der Waals surface area contributed by atoms with Gasteiger partial charge in [0.05, 0.1) is 19.8 Å². The highest BCUT2D eigenvalue weighted by Gasteiger charge is 2.28. The molecular formula is C44H82O14P2. The summed E-state index contributed by atoms with van der Waals surface area (Å²) in [6.07, 6.45) is 31.5. The van der Waals surface area contributed by atoms with Gasteiger partial charge in [0.1, 0.15) is 12.7 Å². The number of allylic oxidation sites excluding steroid dienone is 4. The number of unbranched alkanes of at least 4 members (excludes halogenated alkanes) is 20. The number of hydrogen-bond donors (Lipinski definition) is 4. The van der Waals surface area contributed by atoms with Crippen molar-refractivity contribution in [3.8, 4) is 0 Å². The van der Waals surface area contributed by atoms with Crippen LogP contribution < -0.4 is 0 Å². The summed E-state index contributed by atoms with van der Waals surface area (Å²) in [6.45, 7) is 3.90. The molecule has 0 spiro atoms. The molecule has 0 heterocycles. The van der Waals surface area contributed by atoms with Gasteiger partial charge < -0.3 is 29.3 Å². The van der Waals surface area contributed by atoms with E-state index in [0.29, 0.717) is 19.3 Å². The van der Waals surface area contributed by atoms with E-state index in [1.54, 1.807) is 12.2 Å². The fraction of sp³-hybridized carbons (Fsp3) is 0.841. The van der Waals surface area contributed by atoms with Crippen LogP contribution in [0.2, 0.25) is 0 Å². The number of aliphatic hydroxyl groups excluding tert-OH is 1. The zero-order valence-corrected chi connectivity index (χ0v) is 39.0. The van der Waals surface area contributed by atoms with Crippen molar-refractivity contribution in [2.45, 2.75) is 206 Å². The highest BCUT2D eigenvalue weighted by molar-refractivity contribution is 7.47. The van der Waals surface area contributed by atoms with E-state index in [4.69, 9.17) is 23.8 Å². The second-order valence-corrected chi connectivity index (χ2v) is 18.9. The van der Waals surface area contributed by atoms with Crippen molar-refractivity contribution in [3.63, 3.8) is 0 Å². The van der Waals surface area contributed by atoms with Crippen molar-refractivity contribution >= 4 is 33.4 Å². The lowest BCUT2D eigenvalue weighted by atomic mass is 10.0. The summed E-state index contributed by atoms with van der Waals surface area (Å²) in [5.74, 6) is -0.132. The van der Waals surface area contributed by atoms with Crippen LogP contribution in [0, 0.1) is 5.92 Å². The first-order valence-electron chi connectivity index (χ1n) is 22.8. The molecule has 0 saturated heterocycles. The van der Waals surface area contributed by atoms with Gasteiger partial charge >= 0.3 is 27.6 Å². The number of phosphoric ester groups is 2. The maximum Gasteiger partial charge on any atom is 0.472 e. The van der Waals surface area contributed by atoms with Crippen molar-refractivity contribution in [2.24, 2.45) is 5.92 Å². The number of aliphatic hydroxyl groups is 1. The van der Waals surface area contributed by atoms with Crippen LogP contribution in [0.3, 0.4) is 0 Å². The third-order valence-corrected chi connectivity index (χ3v) is 11.2. The fourth-order valence-corrected chi connectivity index (χ4v) is 7.38. The Morgan fingerprint density at radius 2 is 1.05 bits per heavy atom. The van der Waals surface area contributed by atoms with E-state index in [1.807, 2.05) is 12.2 Å².